The lowest BCUT2D eigenvalue weighted by atomic mass is 10.4. The van der Waals surface area contributed by atoms with Crippen LogP contribution in [0.3, 0.4) is 0 Å². The second-order valence-electron chi connectivity index (χ2n) is 2.99. The van der Waals surface area contributed by atoms with Crippen molar-refractivity contribution >= 4 is 17.6 Å². The van der Waals surface area contributed by atoms with Gasteiger partial charge < -0.3 is 9.64 Å². The molecule has 15 heavy (non-hydrogen) atoms. The Bertz CT molecular complexity index is 250. The van der Waals surface area contributed by atoms with Gasteiger partial charge in [-0.25, -0.2) is 0 Å². The molecule has 0 bridgehead atoms. The topological polar surface area (TPSA) is 36.9 Å². The molecule has 1 aliphatic heterocycles. The average Bonchev–Trinajstić information content (AvgIpc) is 2.27. The summed E-state index contributed by atoms with van der Waals surface area (Å²) in [5.74, 6) is 1.19. The van der Waals surface area contributed by atoms with Gasteiger partial charge in [0, 0.05) is 32.1 Å². The fourth-order valence-corrected chi connectivity index (χ4v) is 1.70. The van der Waals surface area contributed by atoms with Crippen molar-refractivity contribution in [1.29, 1.82) is 0 Å². The number of nitrogens with zero attached hydrogens (tertiary/aromatic N) is 2. The Morgan fingerprint density at radius 3 is 2.80 bits per heavy atom. The van der Waals surface area contributed by atoms with E-state index in [0.29, 0.717) is 11.0 Å². The predicted octanol–water partition coefficient (Wildman–Crippen LogP) is 0.256. The molecule has 6 heteroatoms. The average molecular weight is 253 g/mol. The van der Waals surface area contributed by atoms with Gasteiger partial charge in [0.2, 0.25) is 5.96 Å². The highest BCUT2D eigenvalue weighted by atomic mass is 35.5. The summed E-state index contributed by atoms with van der Waals surface area (Å²) in [7, 11) is 1.74. The van der Waals surface area contributed by atoms with E-state index in [4.69, 9.17) is 27.9 Å². The van der Waals surface area contributed by atoms with E-state index in [2.05, 4.69) is 15.2 Å². The van der Waals surface area contributed by atoms with Crippen LogP contribution in [0, 0.1) is 11.6 Å². The molecular formula is C9H16Cl2N3O+. The fourth-order valence-electron chi connectivity index (χ4n) is 1.28. The van der Waals surface area contributed by atoms with E-state index in [1.165, 1.54) is 0 Å². The number of rotatable bonds is 2. The quantitative estimate of drug-likeness (QED) is 0.332. The van der Waals surface area contributed by atoms with Crippen LogP contribution in [0.1, 0.15) is 0 Å². The standard InChI is InChI=1S/C9H16Cl2N3O/c1-12-9(13-8(11)2-3-10)14-4-6-15-7-5-14/h2,11H,3-7H2,1H3,(H,12,13)/q+1/b8-2-. The van der Waals surface area contributed by atoms with Gasteiger partial charge in [-0.1, -0.05) is 0 Å². The van der Waals surface area contributed by atoms with Gasteiger partial charge in [0.15, 0.2) is 11.6 Å². The summed E-state index contributed by atoms with van der Waals surface area (Å²) < 4.78 is 5.26. The summed E-state index contributed by atoms with van der Waals surface area (Å²) in [6, 6.07) is 0. The van der Waals surface area contributed by atoms with Crippen molar-refractivity contribution in [1.82, 2.24) is 10.2 Å². The first-order valence-electron chi connectivity index (χ1n) is 4.77. The van der Waals surface area contributed by atoms with Crippen molar-refractivity contribution in [3.8, 4) is 0 Å². The predicted molar refractivity (Wildman–Crippen MR) is 59.1 cm³/mol. The molecule has 0 radical (unpaired) electrons. The Hall–Kier alpha value is -0.450. The van der Waals surface area contributed by atoms with Gasteiger partial charge in [-0.3, -0.25) is 10.3 Å². The summed E-state index contributed by atoms with van der Waals surface area (Å²) in [5, 5.41) is 3.66. The number of alkyl halides is 1. The Kier molecular flexibility index (Phi) is 5.83. The molecule has 0 aromatic rings. The van der Waals surface area contributed by atoms with Gasteiger partial charge in [-0.15, -0.1) is 11.6 Å². The highest BCUT2D eigenvalue weighted by molar-refractivity contribution is 6.18. The molecule has 0 spiro atoms. The van der Waals surface area contributed by atoms with Crippen LogP contribution in [0.2, 0.25) is 0 Å². The van der Waals surface area contributed by atoms with E-state index in [1.54, 1.807) is 13.1 Å². The van der Waals surface area contributed by atoms with E-state index in [0.717, 1.165) is 32.3 Å². The van der Waals surface area contributed by atoms with E-state index in [-0.39, 0.29) is 0 Å². The molecule has 1 fully saturated rings. The SMILES string of the molecule is CN=C(N/C([ClH+])=C\CCl)N1CCOCC1. The number of allylic oxidation sites excluding steroid dienone is 1. The highest BCUT2D eigenvalue weighted by Gasteiger charge is 2.16. The zero-order chi connectivity index (χ0) is 11.1. The number of morpholine rings is 1. The molecule has 1 heterocycles. The maximum Gasteiger partial charge on any atom is 0.296 e. The third-order valence-corrected chi connectivity index (χ3v) is 2.44. The lowest BCUT2D eigenvalue weighted by Crippen LogP contribution is -2.46. The molecule has 0 aliphatic carbocycles. The summed E-state index contributed by atoms with van der Waals surface area (Å²) in [4.78, 5) is 6.27. The Balaban J connectivity index is 2.51. The van der Waals surface area contributed by atoms with Crippen LogP contribution >= 0.6 is 11.6 Å². The largest absolute Gasteiger partial charge is 0.378 e. The van der Waals surface area contributed by atoms with Gasteiger partial charge in [0.25, 0.3) is 5.16 Å². The molecule has 1 saturated heterocycles. The number of halogens is 2. The van der Waals surface area contributed by atoms with Crippen LogP contribution in [0.4, 0.5) is 0 Å². The summed E-state index contributed by atoms with van der Waals surface area (Å²) in [5.41, 5.74) is 0. The Morgan fingerprint density at radius 2 is 2.27 bits per heavy atom. The van der Waals surface area contributed by atoms with Crippen LogP contribution < -0.4 is 5.32 Å². The molecule has 0 aromatic carbocycles. The van der Waals surface area contributed by atoms with Crippen LogP contribution in [-0.4, -0.2) is 50.1 Å². The van der Waals surface area contributed by atoms with Crippen molar-refractivity contribution in [2.45, 2.75) is 0 Å². The van der Waals surface area contributed by atoms with Crippen molar-refractivity contribution in [3.63, 3.8) is 0 Å². The minimum Gasteiger partial charge on any atom is -0.378 e. The highest BCUT2D eigenvalue weighted by Crippen LogP contribution is 1.99. The van der Waals surface area contributed by atoms with E-state index < -0.39 is 0 Å². The van der Waals surface area contributed by atoms with Crippen LogP contribution in [0.25, 0.3) is 0 Å². The number of guanidine groups is 1. The zero-order valence-corrected chi connectivity index (χ0v) is 10.3. The minimum absolute atomic E-state index is 0.409. The lowest BCUT2D eigenvalue weighted by Gasteiger charge is -2.28. The van der Waals surface area contributed by atoms with Gasteiger partial charge >= 0.3 is 0 Å². The molecule has 1 aliphatic rings. The first kappa shape index (κ1) is 12.6. The first-order chi connectivity index (χ1) is 7.27. The second kappa shape index (κ2) is 6.93. The van der Waals surface area contributed by atoms with Gasteiger partial charge in [-0.2, -0.15) is 0 Å². The minimum atomic E-state index is 0.409. The summed E-state index contributed by atoms with van der Waals surface area (Å²) in [6.45, 7) is 3.13. The molecule has 0 saturated carbocycles. The zero-order valence-electron chi connectivity index (χ0n) is 8.70. The van der Waals surface area contributed by atoms with Gasteiger partial charge in [-0.05, 0) is 0 Å². The molecule has 4 nitrogen and oxygen atoms in total. The molecule has 1 N–H and O–H groups in total. The third kappa shape index (κ3) is 4.28. The number of hydrogen-bond acceptors (Lipinski definition) is 2. The van der Waals surface area contributed by atoms with Crippen LogP contribution in [-0.2, 0) is 4.74 Å². The molecule has 0 atom stereocenters. The van der Waals surface area contributed by atoms with E-state index in [1.807, 2.05) is 0 Å². The maximum absolute atomic E-state index is 5.55. The second-order valence-corrected chi connectivity index (χ2v) is 3.74. The van der Waals surface area contributed by atoms with E-state index >= 15 is 0 Å². The number of hydrogen-bond donors (Lipinski definition) is 1. The van der Waals surface area contributed by atoms with Crippen LogP contribution in [0.15, 0.2) is 16.2 Å². The van der Waals surface area contributed by atoms with Crippen molar-refractivity contribution < 1.29 is 16.3 Å². The van der Waals surface area contributed by atoms with Crippen LogP contribution in [0.5, 0.6) is 0 Å². The van der Waals surface area contributed by atoms with Gasteiger partial charge in [0.05, 0.1) is 13.2 Å². The van der Waals surface area contributed by atoms with Gasteiger partial charge in [0.1, 0.15) is 0 Å². The number of ether oxygens (including phenoxy) is 1. The molecule has 0 unspecified atom stereocenters. The smallest absolute Gasteiger partial charge is 0.296 e. The van der Waals surface area contributed by atoms with Crippen molar-refractivity contribution in [2.24, 2.45) is 4.99 Å². The Morgan fingerprint density at radius 1 is 1.60 bits per heavy atom. The lowest BCUT2D eigenvalue weighted by molar-refractivity contribution is -0.309. The number of nitrogens with one attached hydrogen (secondary N) is 1. The van der Waals surface area contributed by atoms with E-state index in [9.17, 15) is 0 Å². The third-order valence-electron chi connectivity index (χ3n) is 2.02. The fraction of sp³-hybridized carbons (Fsp3) is 0.667. The summed E-state index contributed by atoms with van der Waals surface area (Å²) >= 11 is 10.6. The molecule has 0 amide bonds. The normalized spacial score (nSPS) is 19.3. The van der Waals surface area contributed by atoms with Crippen molar-refractivity contribution in [3.05, 3.63) is 11.2 Å². The monoisotopic (exact) mass is 252 g/mol. The molecule has 86 valence electrons. The summed E-state index contributed by atoms with van der Waals surface area (Å²) in [6.07, 6.45) is 1.74. The Labute approximate surface area is 99.9 Å². The molecular weight excluding hydrogens is 237 g/mol. The van der Waals surface area contributed by atoms with Crippen molar-refractivity contribution in [2.75, 3.05) is 39.2 Å². The molecule has 1 rings (SSSR count). The maximum atomic E-state index is 5.55. The first-order valence-corrected chi connectivity index (χ1v) is 5.72. The molecule has 0 aromatic heterocycles. The number of aliphatic imine (C=N–C) groups is 1.